The molecule has 1 atom stereocenters. The van der Waals surface area contributed by atoms with Crippen molar-refractivity contribution in [2.45, 2.75) is 26.7 Å². The molecular formula is C14H20BrNO. The van der Waals surface area contributed by atoms with E-state index in [-0.39, 0.29) is 5.91 Å². The summed E-state index contributed by atoms with van der Waals surface area (Å²) in [5.74, 6) is 0.961. The largest absolute Gasteiger partial charge is 0.352 e. The van der Waals surface area contributed by atoms with Gasteiger partial charge in [-0.05, 0) is 29.5 Å². The van der Waals surface area contributed by atoms with Gasteiger partial charge in [-0.1, -0.05) is 48.8 Å². The van der Waals surface area contributed by atoms with Crippen LogP contribution >= 0.6 is 15.9 Å². The van der Waals surface area contributed by atoms with Crippen LogP contribution in [-0.4, -0.2) is 17.8 Å². The average molecular weight is 298 g/mol. The van der Waals surface area contributed by atoms with Crippen LogP contribution < -0.4 is 5.32 Å². The third kappa shape index (κ3) is 4.50. The Morgan fingerprint density at radius 2 is 1.82 bits per heavy atom. The van der Waals surface area contributed by atoms with Crippen LogP contribution in [0.3, 0.4) is 0 Å². The Labute approximate surface area is 112 Å². The molecule has 0 aromatic heterocycles. The van der Waals surface area contributed by atoms with Crippen molar-refractivity contribution in [3.63, 3.8) is 0 Å². The van der Waals surface area contributed by atoms with Crippen LogP contribution in [-0.2, 0) is 0 Å². The quantitative estimate of drug-likeness (QED) is 0.827. The van der Waals surface area contributed by atoms with Crippen LogP contribution in [0.5, 0.6) is 0 Å². The van der Waals surface area contributed by atoms with Crippen molar-refractivity contribution in [3.05, 3.63) is 35.4 Å². The second-order valence-electron chi connectivity index (χ2n) is 4.75. The third-order valence-corrected chi connectivity index (χ3v) is 3.82. The van der Waals surface area contributed by atoms with E-state index in [9.17, 15) is 4.79 Å². The van der Waals surface area contributed by atoms with Crippen LogP contribution in [0.15, 0.2) is 24.3 Å². The van der Waals surface area contributed by atoms with Crippen LogP contribution in [0.25, 0.3) is 0 Å². The Bertz CT molecular complexity index is 359. The van der Waals surface area contributed by atoms with E-state index in [0.717, 1.165) is 10.9 Å². The lowest BCUT2D eigenvalue weighted by Crippen LogP contribution is -2.28. The molecule has 2 nitrogen and oxygen atoms in total. The van der Waals surface area contributed by atoms with Crippen LogP contribution in [0.1, 0.15) is 42.6 Å². The van der Waals surface area contributed by atoms with E-state index in [1.54, 1.807) is 0 Å². The molecule has 3 heteroatoms. The fourth-order valence-electron chi connectivity index (χ4n) is 1.44. The van der Waals surface area contributed by atoms with E-state index in [0.29, 0.717) is 18.4 Å². The summed E-state index contributed by atoms with van der Waals surface area (Å²) in [5.41, 5.74) is 1.99. The molecule has 1 aromatic carbocycles. The number of alkyl halides is 1. The van der Waals surface area contributed by atoms with E-state index in [1.807, 2.05) is 24.3 Å². The van der Waals surface area contributed by atoms with Gasteiger partial charge in [0.05, 0.1) is 0 Å². The smallest absolute Gasteiger partial charge is 0.251 e. The molecule has 0 fully saturated rings. The number of carbonyl (C=O) groups is 1. The fraction of sp³-hybridized carbons (Fsp3) is 0.500. The van der Waals surface area contributed by atoms with E-state index in [4.69, 9.17) is 0 Å². The number of hydrogen-bond donors (Lipinski definition) is 1. The summed E-state index contributed by atoms with van der Waals surface area (Å²) in [5, 5.41) is 3.83. The first-order valence-corrected chi connectivity index (χ1v) is 7.10. The number of benzene rings is 1. The first-order valence-electron chi connectivity index (χ1n) is 5.98. The summed E-state index contributed by atoms with van der Waals surface area (Å²) >= 11 is 3.40. The maximum Gasteiger partial charge on any atom is 0.251 e. The monoisotopic (exact) mass is 297 g/mol. The number of nitrogens with one attached hydrogen (secondary N) is 1. The lowest BCUT2D eigenvalue weighted by atomic mass is 10.0. The number of amides is 1. The predicted octanol–water partition coefficient (Wildman–Crippen LogP) is 3.57. The maximum absolute atomic E-state index is 11.8. The van der Waals surface area contributed by atoms with Gasteiger partial charge in [0.2, 0.25) is 0 Å². The number of rotatable bonds is 5. The molecule has 1 N–H and O–H groups in total. The summed E-state index contributed by atoms with van der Waals surface area (Å²) in [6.45, 7) is 7.09. The first kappa shape index (κ1) is 14.2. The summed E-state index contributed by atoms with van der Waals surface area (Å²) < 4.78 is 0. The van der Waals surface area contributed by atoms with Crippen LogP contribution in [0, 0.1) is 5.92 Å². The topological polar surface area (TPSA) is 29.1 Å². The lowest BCUT2D eigenvalue weighted by molar-refractivity contribution is 0.0949. The van der Waals surface area contributed by atoms with Gasteiger partial charge in [-0.25, -0.2) is 0 Å². The van der Waals surface area contributed by atoms with Gasteiger partial charge in [0.15, 0.2) is 0 Å². The predicted molar refractivity (Wildman–Crippen MR) is 75.8 cm³/mol. The van der Waals surface area contributed by atoms with Crippen molar-refractivity contribution in [2.24, 2.45) is 5.92 Å². The molecule has 17 heavy (non-hydrogen) atoms. The molecule has 0 heterocycles. The van der Waals surface area contributed by atoms with Crippen molar-refractivity contribution in [1.82, 2.24) is 5.32 Å². The highest BCUT2D eigenvalue weighted by Crippen LogP contribution is 2.14. The molecule has 0 aliphatic carbocycles. The highest BCUT2D eigenvalue weighted by atomic mass is 79.9. The van der Waals surface area contributed by atoms with Gasteiger partial charge in [-0.3, -0.25) is 4.79 Å². The van der Waals surface area contributed by atoms with Crippen molar-refractivity contribution in [2.75, 3.05) is 11.9 Å². The molecule has 0 aliphatic heterocycles. The van der Waals surface area contributed by atoms with E-state index in [2.05, 4.69) is 42.0 Å². The van der Waals surface area contributed by atoms with Gasteiger partial charge >= 0.3 is 0 Å². The zero-order valence-corrected chi connectivity index (χ0v) is 12.3. The molecule has 94 valence electrons. The minimum Gasteiger partial charge on any atom is -0.352 e. The Morgan fingerprint density at radius 3 is 2.29 bits per heavy atom. The highest BCUT2D eigenvalue weighted by Gasteiger charge is 2.07. The van der Waals surface area contributed by atoms with E-state index in [1.165, 1.54) is 5.56 Å². The minimum atomic E-state index is 0.00751. The highest BCUT2D eigenvalue weighted by molar-refractivity contribution is 9.09. The van der Waals surface area contributed by atoms with Gasteiger partial charge in [0.1, 0.15) is 0 Å². The normalized spacial score (nSPS) is 12.5. The van der Waals surface area contributed by atoms with Gasteiger partial charge in [0.25, 0.3) is 5.91 Å². The zero-order chi connectivity index (χ0) is 12.8. The second kappa shape index (κ2) is 6.80. The van der Waals surface area contributed by atoms with Crippen molar-refractivity contribution < 1.29 is 4.79 Å². The summed E-state index contributed by atoms with van der Waals surface area (Å²) in [4.78, 5) is 11.8. The second-order valence-corrected chi connectivity index (χ2v) is 5.39. The molecule has 0 aliphatic rings. The lowest BCUT2D eigenvalue weighted by Gasteiger charge is -2.10. The molecule has 1 amide bonds. The Hall–Kier alpha value is -0.830. The molecule has 1 aromatic rings. The maximum atomic E-state index is 11.8. The van der Waals surface area contributed by atoms with E-state index >= 15 is 0 Å². The minimum absolute atomic E-state index is 0.00751. The third-order valence-electron chi connectivity index (χ3n) is 2.71. The first-order chi connectivity index (χ1) is 8.04. The van der Waals surface area contributed by atoms with Gasteiger partial charge < -0.3 is 5.32 Å². The number of hydrogen-bond acceptors (Lipinski definition) is 1. The van der Waals surface area contributed by atoms with E-state index < -0.39 is 0 Å². The number of carbonyl (C=O) groups excluding carboxylic acids is 1. The van der Waals surface area contributed by atoms with Gasteiger partial charge in [-0.2, -0.15) is 0 Å². The zero-order valence-electron chi connectivity index (χ0n) is 10.7. The SMILES string of the molecule is CC(CBr)CNC(=O)c1ccc(C(C)C)cc1. The molecule has 0 bridgehead atoms. The standard InChI is InChI=1S/C14H20BrNO/c1-10(2)12-4-6-13(7-5-12)14(17)16-9-11(3)8-15/h4-7,10-11H,8-9H2,1-3H3,(H,16,17). The molecule has 0 spiro atoms. The summed E-state index contributed by atoms with van der Waals surface area (Å²) in [7, 11) is 0. The van der Waals surface area contributed by atoms with Crippen molar-refractivity contribution in [1.29, 1.82) is 0 Å². The summed E-state index contributed by atoms with van der Waals surface area (Å²) in [6, 6.07) is 7.83. The molecule has 1 rings (SSSR count). The van der Waals surface area contributed by atoms with Gasteiger partial charge in [-0.15, -0.1) is 0 Å². The fourth-order valence-corrected chi connectivity index (χ4v) is 1.67. The molecule has 0 saturated heterocycles. The summed E-state index contributed by atoms with van der Waals surface area (Å²) in [6.07, 6.45) is 0. The van der Waals surface area contributed by atoms with Crippen LogP contribution in [0.2, 0.25) is 0 Å². The molecule has 1 unspecified atom stereocenters. The van der Waals surface area contributed by atoms with Crippen LogP contribution in [0.4, 0.5) is 0 Å². The van der Waals surface area contributed by atoms with Crippen molar-refractivity contribution >= 4 is 21.8 Å². The molecular weight excluding hydrogens is 278 g/mol. The Kier molecular flexibility index (Phi) is 5.69. The average Bonchev–Trinajstić information content (AvgIpc) is 2.35. The molecule has 0 saturated carbocycles. The van der Waals surface area contributed by atoms with Crippen molar-refractivity contribution in [3.8, 4) is 0 Å². The van der Waals surface area contributed by atoms with Gasteiger partial charge in [0, 0.05) is 17.4 Å². The molecule has 0 radical (unpaired) electrons. The Balaban J connectivity index is 2.58. The number of halogens is 1. The Morgan fingerprint density at radius 1 is 1.24 bits per heavy atom.